The summed E-state index contributed by atoms with van der Waals surface area (Å²) in [4.78, 5) is 36.2. The van der Waals surface area contributed by atoms with Crippen LogP contribution in [0.5, 0.6) is 0 Å². The molecule has 4 aliphatic carbocycles. The molecule has 0 amide bonds. The molecule has 3 saturated carbocycles. The third-order valence-corrected chi connectivity index (χ3v) is 7.48. The Labute approximate surface area is 131 Å². The molecule has 0 heterocycles. The van der Waals surface area contributed by atoms with E-state index < -0.39 is 5.41 Å². The summed E-state index contributed by atoms with van der Waals surface area (Å²) in [6.07, 6.45) is 9.65. The molecule has 4 aliphatic rings. The highest BCUT2D eigenvalue weighted by molar-refractivity contribution is 5.93. The average Bonchev–Trinajstić information content (AvgIpc) is 2.82. The van der Waals surface area contributed by atoms with Gasteiger partial charge in [0.25, 0.3) is 0 Å². The first kappa shape index (κ1) is 14.3. The standard InChI is InChI=1S/C19H24O3/c1-18-8-7-16-14(15(18)4-5-17(18)22)3-2-12-10-13(21)6-9-19(12,16)11-20/h10-11,14-16H,2-9H2,1H3/t14-,15-,16-,18+,19-/m1/s1. The van der Waals surface area contributed by atoms with Gasteiger partial charge in [-0.3, -0.25) is 9.59 Å². The fraction of sp³-hybridized carbons (Fsp3) is 0.737. The first-order valence-corrected chi connectivity index (χ1v) is 8.75. The topological polar surface area (TPSA) is 51.2 Å². The summed E-state index contributed by atoms with van der Waals surface area (Å²) in [6.45, 7) is 2.16. The van der Waals surface area contributed by atoms with E-state index in [1.807, 2.05) is 0 Å². The third-order valence-electron chi connectivity index (χ3n) is 7.48. The number of Topliss-reactive ketones (excluding diaryl/α,β-unsaturated/α-hetero) is 1. The molecule has 3 fully saturated rings. The Morgan fingerprint density at radius 1 is 1.05 bits per heavy atom. The minimum absolute atomic E-state index is 0.142. The molecule has 4 rings (SSSR count). The zero-order valence-electron chi connectivity index (χ0n) is 13.3. The van der Waals surface area contributed by atoms with Crippen molar-refractivity contribution in [3.63, 3.8) is 0 Å². The summed E-state index contributed by atoms with van der Waals surface area (Å²) in [5, 5.41) is 0. The second kappa shape index (κ2) is 4.62. The smallest absolute Gasteiger partial charge is 0.155 e. The van der Waals surface area contributed by atoms with Crippen molar-refractivity contribution in [2.24, 2.45) is 28.6 Å². The molecule has 0 saturated heterocycles. The van der Waals surface area contributed by atoms with Crippen molar-refractivity contribution in [1.82, 2.24) is 0 Å². The Hall–Kier alpha value is -1.25. The minimum atomic E-state index is -0.399. The molecular weight excluding hydrogens is 276 g/mol. The zero-order valence-corrected chi connectivity index (χ0v) is 13.3. The highest BCUT2D eigenvalue weighted by atomic mass is 16.1. The number of fused-ring (bicyclic) bond motifs is 5. The Balaban J connectivity index is 1.74. The van der Waals surface area contributed by atoms with Crippen molar-refractivity contribution in [3.05, 3.63) is 11.6 Å². The lowest BCUT2D eigenvalue weighted by Gasteiger charge is -2.55. The van der Waals surface area contributed by atoms with E-state index in [1.54, 1.807) is 6.08 Å². The summed E-state index contributed by atoms with van der Waals surface area (Å²) in [7, 11) is 0. The number of allylic oxidation sites excluding steroid dienone is 1. The summed E-state index contributed by atoms with van der Waals surface area (Å²) in [6, 6.07) is 0. The van der Waals surface area contributed by atoms with Crippen molar-refractivity contribution in [1.29, 1.82) is 0 Å². The van der Waals surface area contributed by atoms with Crippen LogP contribution in [-0.2, 0) is 14.4 Å². The number of carbonyl (C=O) groups excluding carboxylic acids is 3. The zero-order chi connectivity index (χ0) is 15.5. The van der Waals surface area contributed by atoms with Crippen LogP contribution >= 0.6 is 0 Å². The van der Waals surface area contributed by atoms with Crippen LogP contribution in [0.25, 0.3) is 0 Å². The van der Waals surface area contributed by atoms with E-state index in [-0.39, 0.29) is 11.2 Å². The van der Waals surface area contributed by atoms with Crippen molar-refractivity contribution >= 4 is 17.9 Å². The predicted molar refractivity (Wildman–Crippen MR) is 82.1 cm³/mol. The molecule has 3 nitrogen and oxygen atoms in total. The molecule has 22 heavy (non-hydrogen) atoms. The third kappa shape index (κ3) is 1.65. The van der Waals surface area contributed by atoms with Gasteiger partial charge in [-0.15, -0.1) is 0 Å². The minimum Gasteiger partial charge on any atom is -0.302 e. The first-order valence-electron chi connectivity index (χ1n) is 8.75. The van der Waals surface area contributed by atoms with Crippen LogP contribution in [0.2, 0.25) is 0 Å². The number of hydrogen-bond acceptors (Lipinski definition) is 3. The highest BCUT2D eigenvalue weighted by Gasteiger charge is 2.60. The Kier molecular flexibility index (Phi) is 3.02. The maximum Gasteiger partial charge on any atom is 0.155 e. The van der Waals surface area contributed by atoms with E-state index in [4.69, 9.17) is 0 Å². The second-order valence-corrected chi connectivity index (χ2v) is 8.13. The van der Waals surface area contributed by atoms with Crippen LogP contribution < -0.4 is 0 Å². The van der Waals surface area contributed by atoms with Crippen LogP contribution in [0.4, 0.5) is 0 Å². The van der Waals surface area contributed by atoms with Crippen molar-refractivity contribution in [2.45, 2.75) is 58.3 Å². The molecule has 0 spiro atoms. The number of ketones is 2. The van der Waals surface area contributed by atoms with Gasteiger partial charge in [0, 0.05) is 18.3 Å². The van der Waals surface area contributed by atoms with Gasteiger partial charge in [-0.2, -0.15) is 0 Å². The van der Waals surface area contributed by atoms with E-state index in [0.29, 0.717) is 36.4 Å². The quantitative estimate of drug-likeness (QED) is 0.698. The summed E-state index contributed by atoms with van der Waals surface area (Å²) >= 11 is 0. The van der Waals surface area contributed by atoms with Gasteiger partial charge >= 0.3 is 0 Å². The summed E-state index contributed by atoms with van der Waals surface area (Å²) < 4.78 is 0. The normalized spacial score (nSPS) is 47.3. The molecule has 0 aliphatic heterocycles. The predicted octanol–water partition coefficient (Wildman–Crippen LogP) is 3.27. The van der Waals surface area contributed by atoms with Crippen LogP contribution in [0.3, 0.4) is 0 Å². The number of rotatable bonds is 1. The largest absolute Gasteiger partial charge is 0.302 e. The molecule has 118 valence electrons. The SMILES string of the molecule is C[C@]12CC[C@@H]3[C@H](CCC4=CC(=O)CC[C@@]43C=O)[C@H]1CCC2=O. The van der Waals surface area contributed by atoms with Gasteiger partial charge in [-0.1, -0.05) is 12.5 Å². The Morgan fingerprint density at radius 3 is 2.64 bits per heavy atom. The number of aldehydes is 1. The highest BCUT2D eigenvalue weighted by Crippen LogP contribution is 2.63. The Bertz CT molecular complexity index is 589. The summed E-state index contributed by atoms with van der Waals surface area (Å²) in [5.41, 5.74) is 0.550. The van der Waals surface area contributed by atoms with Crippen molar-refractivity contribution in [2.75, 3.05) is 0 Å². The molecule has 0 radical (unpaired) electrons. The molecule has 0 bridgehead atoms. The van der Waals surface area contributed by atoms with Crippen LogP contribution in [-0.4, -0.2) is 17.9 Å². The second-order valence-electron chi connectivity index (χ2n) is 8.13. The van der Waals surface area contributed by atoms with E-state index in [1.165, 1.54) is 0 Å². The lowest BCUT2D eigenvalue weighted by molar-refractivity contribution is -0.135. The fourth-order valence-corrected chi connectivity index (χ4v) is 6.26. The fourth-order valence-electron chi connectivity index (χ4n) is 6.26. The Morgan fingerprint density at radius 2 is 1.86 bits per heavy atom. The van der Waals surface area contributed by atoms with E-state index >= 15 is 0 Å². The van der Waals surface area contributed by atoms with Gasteiger partial charge in [0.2, 0.25) is 0 Å². The van der Waals surface area contributed by atoms with Gasteiger partial charge in [-0.25, -0.2) is 0 Å². The lowest BCUT2D eigenvalue weighted by atomic mass is 9.47. The van der Waals surface area contributed by atoms with Gasteiger partial charge < -0.3 is 4.79 Å². The van der Waals surface area contributed by atoms with E-state index in [0.717, 1.165) is 50.4 Å². The maximum absolute atomic E-state index is 12.4. The van der Waals surface area contributed by atoms with E-state index in [9.17, 15) is 14.4 Å². The molecule has 0 aromatic rings. The molecule has 0 aromatic carbocycles. The maximum atomic E-state index is 12.4. The van der Waals surface area contributed by atoms with Crippen LogP contribution in [0.15, 0.2) is 11.6 Å². The van der Waals surface area contributed by atoms with Crippen molar-refractivity contribution in [3.8, 4) is 0 Å². The van der Waals surface area contributed by atoms with Crippen molar-refractivity contribution < 1.29 is 14.4 Å². The van der Waals surface area contributed by atoms with Gasteiger partial charge in [0.05, 0.1) is 5.41 Å². The molecule has 0 aromatic heterocycles. The molecular formula is C19H24O3. The number of hydrogen-bond donors (Lipinski definition) is 0. The van der Waals surface area contributed by atoms with E-state index in [2.05, 4.69) is 6.92 Å². The van der Waals surface area contributed by atoms with Gasteiger partial charge in [-0.05, 0) is 62.4 Å². The van der Waals surface area contributed by atoms with Gasteiger partial charge in [0.15, 0.2) is 5.78 Å². The van der Waals surface area contributed by atoms with Gasteiger partial charge in [0.1, 0.15) is 12.1 Å². The number of carbonyl (C=O) groups is 3. The first-order chi connectivity index (χ1) is 10.5. The molecule has 3 heteroatoms. The molecule has 5 atom stereocenters. The van der Waals surface area contributed by atoms with Crippen LogP contribution in [0, 0.1) is 28.6 Å². The molecule has 0 unspecified atom stereocenters. The lowest BCUT2D eigenvalue weighted by Crippen LogP contribution is -2.52. The molecule has 0 N–H and O–H groups in total. The summed E-state index contributed by atoms with van der Waals surface area (Å²) in [5.74, 6) is 1.91. The average molecular weight is 300 g/mol. The van der Waals surface area contributed by atoms with Crippen LogP contribution in [0.1, 0.15) is 58.3 Å². The monoisotopic (exact) mass is 300 g/mol.